The Morgan fingerprint density at radius 1 is 1.60 bits per heavy atom. The van der Waals surface area contributed by atoms with Crippen molar-refractivity contribution in [1.82, 2.24) is 0 Å². The Balaban J connectivity index is 3.89. The van der Waals surface area contributed by atoms with Crippen molar-refractivity contribution >= 4 is 11.7 Å². The molecule has 0 fully saturated rings. The van der Waals surface area contributed by atoms with Crippen molar-refractivity contribution in [1.29, 1.82) is 0 Å². The molecule has 0 rings (SSSR count). The van der Waals surface area contributed by atoms with Crippen LogP contribution in [0.25, 0.3) is 0 Å². The molecule has 10 heavy (non-hydrogen) atoms. The van der Waals surface area contributed by atoms with E-state index in [9.17, 15) is 9.59 Å². The van der Waals surface area contributed by atoms with Gasteiger partial charge in [0, 0.05) is 6.08 Å². The summed E-state index contributed by atoms with van der Waals surface area (Å²) in [5.74, 6) is -1.10. The van der Waals surface area contributed by atoms with Crippen LogP contribution < -0.4 is 5.73 Å². The third-order valence-electron chi connectivity index (χ3n) is 0.859. The standard InChI is InChI=1S/C6H9NO3/c1-4(8)5(9)2-3-6(7)10/h2-3,5,9H,1H3,(H2,7,10). The maximum atomic E-state index is 10.3. The van der Waals surface area contributed by atoms with Gasteiger partial charge in [0.25, 0.3) is 0 Å². The van der Waals surface area contributed by atoms with Crippen LogP contribution in [0.2, 0.25) is 0 Å². The number of carbonyl (C=O) groups is 2. The molecule has 0 aliphatic heterocycles. The van der Waals surface area contributed by atoms with Gasteiger partial charge in [-0.15, -0.1) is 0 Å². The van der Waals surface area contributed by atoms with E-state index in [0.717, 1.165) is 12.2 Å². The van der Waals surface area contributed by atoms with E-state index in [-0.39, 0.29) is 0 Å². The predicted octanol–water partition coefficient (Wildman–Crippen LogP) is -1.02. The van der Waals surface area contributed by atoms with E-state index >= 15 is 0 Å². The number of nitrogens with two attached hydrogens (primary N) is 1. The highest BCUT2D eigenvalue weighted by Gasteiger charge is 2.03. The summed E-state index contributed by atoms with van der Waals surface area (Å²) in [4.78, 5) is 20.3. The largest absolute Gasteiger partial charge is 0.381 e. The number of Topliss-reactive ketones (excluding diaryl/α,β-unsaturated/α-hetero) is 1. The second kappa shape index (κ2) is 3.79. The van der Waals surface area contributed by atoms with Gasteiger partial charge in [-0.1, -0.05) is 0 Å². The van der Waals surface area contributed by atoms with E-state index in [1.54, 1.807) is 0 Å². The molecule has 56 valence electrons. The zero-order valence-electron chi connectivity index (χ0n) is 5.57. The van der Waals surface area contributed by atoms with Crippen LogP contribution in [0.3, 0.4) is 0 Å². The molecule has 0 heterocycles. The monoisotopic (exact) mass is 143 g/mol. The normalized spacial score (nSPS) is 13.4. The van der Waals surface area contributed by atoms with Crippen LogP contribution in [-0.4, -0.2) is 22.9 Å². The summed E-state index contributed by atoms with van der Waals surface area (Å²) in [7, 11) is 0. The third-order valence-corrected chi connectivity index (χ3v) is 0.859. The van der Waals surface area contributed by atoms with Crippen molar-refractivity contribution in [3.63, 3.8) is 0 Å². The average Bonchev–Trinajstić information content (AvgIpc) is 1.82. The van der Waals surface area contributed by atoms with Gasteiger partial charge >= 0.3 is 0 Å². The Labute approximate surface area is 58.3 Å². The van der Waals surface area contributed by atoms with Crippen LogP contribution in [0.15, 0.2) is 12.2 Å². The Hall–Kier alpha value is -1.16. The van der Waals surface area contributed by atoms with Crippen LogP contribution in [0.1, 0.15) is 6.92 Å². The summed E-state index contributed by atoms with van der Waals surface area (Å²) in [5.41, 5.74) is 4.69. The predicted molar refractivity (Wildman–Crippen MR) is 35.0 cm³/mol. The van der Waals surface area contributed by atoms with E-state index in [1.165, 1.54) is 6.92 Å². The highest BCUT2D eigenvalue weighted by molar-refractivity contribution is 5.88. The highest BCUT2D eigenvalue weighted by Crippen LogP contribution is 1.86. The minimum Gasteiger partial charge on any atom is -0.381 e. The van der Waals surface area contributed by atoms with Crippen molar-refractivity contribution in [3.8, 4) is 0 Å². The highest BCUT2D eigenvalue weighted by atomic mass is 16.3. The van der Waals surface area contributed by atoms with E-state index in [2.05, 4.69) is 0 Å². The van der Waals surface area contributed by atoms with Crippen LogP contribution >= 0.6 is 0 Å². The van der Waals surface area contributed by atoms with Gasteiger partial charge in [0.05, 0.1) is 0 Å². The molecular formula is C6H9NO3. The smallest absolute Gasteiger partial charge is 0.241 e. The number of primary amides is 1. The minimum absolute atomic E-state index is 0.419. The van der Waals surface area contributed by atoms with Gasteiger partial charge in [0.1, 0.15) is 6.10 Å². The molecule has 0 spiro atoms. The van der Waals surface area contributed by atoms with Gasteiger partial charge < -0.3 is 10.8 Å². The summed E-state index contributed by atoms with van der Waals surface area (Å²) < 4.78 is 0. The first-order chi connectivity index (χ1) is 4.54. The number of amides is 1. The molecule has 4 nitrogen and oxygen atoms in total. The number of hydrogen-bond donors (Lipinski definition) is 2. The van der Waals surface area contributed by atoms with Gasteiger partial charge in [0.15, 0.2) is 5.78 Å². The lowest BCUT2D eigenvalue weighted by Crippen LogP contribution is -2.15. The fourth-order valence-electron chi connectivity index (χ4n) is 0.321. The second-order valence-electron chi connectivity index (χ2n) is 1.82. The summed E-state index contributed by atoms with van der Waals surface area (Å²) in [5, 5.41) is 8.73. The van der Waals surface area contributed by atoms with Crippen LogP contribution in [0, 0.1) is 0 Å². The first-order valence-corrected chi connectivity index (χ1v) is 2.70. The minimum atomic E-state index is -1.22. The maximum Gasteiger partial charge on any atom is 0.241 e. The number of aliphatic hydroxyl groups is 1. The second-order valence-corrected chi connectivity index (χ2v) is 1.82. The molecule has 0 aromatic heterocycles. The molecule has 0 aromatic rings. The molecular weight excluding hydrogens is 134 g/mol. The molecule has 3 N–H and O–H groups in total. The lowest BCUT2D eigenvalue weighted by Gasteiger charge is -1.95. The Kier molecular flexibility index (Phi) is 3.35. The first-order valence-electron chi connectivity index (χ1n) is 2.70. The van der Waals surface area contributed by atoms with Gasteiger partial charge in [-0.25, -0.2) is 0 Å². The quantitative estimate of drug-likeness (QED) is 0.496. The molecule has 4 heteroatoms. The molecule has 0 radical (unpaired) electrons. The van der Waals surface area contributed by atoms with E-state index < -0.39 is 17.8 Å². The van der Waals surface area contributed by atoms with Gasteiger partial charge in [0.2, 0.25) is 5.91 Å². The lowest BCUT2D eigenvalue weighted by atomic mass is 10.2. The Bertz CT molecular complexity index is 174. The number of hydrogen-bond acceptors (Lipinski definition) is 3. The van der Waals surface area contributed by atoms with E-state index in [1.807, 2.05) is 0 Å². The molecule has 0 aliphatic rings. The van der Waals surface area contributed by atoms with Crippen LogP contribution in [0.4, 0.5) is 0 Å². The lowest BCUT2D eigenvalue weighted by molar-refractivity contribution is -0.122. The zero-order chi connectivity index (χ0) is 8.15. The number of rotatable bonds is 3. The number of ketones is 1. The summed E-state index contributed by atoms with van der Waals surface area (Å²) in [6, 6.07) is 0. The maximum absolute atomic E-state index is 10.3. The molecule has 1 atom stereocenters. The molecule has 0 aliphatic carbocycles. The number of carbonyl (C=O) groups excluding carboxylic acids is 2. The van der Waals surface area contributed by atoms with E-state index in [0.29, 0.717) is 0 Å². The van der Waals surface area contributed by atoms with E-state index in [4.69, 9.17) is 10.8 Å². The first kappa shape index (κ1) is 8.84. The zero-order valence-corrected chi connectivity index (χ0v) is 5.57. The summed E-state index contributed by atoms with van der Waals surface area (Å²) >= 11 is 0. The molecule has 1 amide bonds. The third kappa shape index (κ3) is 3.80. The van der Waals surface area contributed by atoms with Crippen molar-refractivity contribution in [2.45, 2.75) is 13.0 Å². The summed E-state index contributed by atoms with van der Waals surface area (Å²) in [6.07, 6.45) is 0.781. The van der Waals surface area contributed by atoms with Gasteiger partial charge in [-0.2, -0.15) is 0 Å². The topological polar surface area (TPSA) is 80.4 Å². The van der Waals surface area contributed by atoms with Crippen LogP contribution in [-0.2, 0) is 9.59 Å². The van der Waals surface area contributed by atoms with Gasteiger partial charge in [-0.3, -0.25) is 9.59 Å². The Morgan fingerprint density at radius 2 is 2.10 bits per heavy atom. The average molecular weight is 143 g/mol. The van der Waals surface area contributed by atoms with Crippen molar-refractivity contribution in [2.75, 3.05) is 0 Å². The van der Waals surface area contributed by atoms with Gasteiger partial charge in [-0.05, 0) is 13.0 Å². The molecule has 0 saturated carbocycles. The van der Waals surface area contributed by atoms with Crippen LogP contribution in [0.5, 0.6) is 0 Å². The Morgan fingerprint density at radius 3 is 2.40 bits per heavy atom. The van der Waals surface area contributed by atoms with Crippen molar-refractivity contribution in [2.24, 2.45) is 5.73 Å². The fourth-order valence-corrected chi connectivity index (χ4v) is 0.321. The fraction of sp³-hybridized carbons (Fsp3) is 0.333. The SMILES string of the molecule is CC(=O)C(O)C=CC(N)=O. The number of aliphatic hydroxyl groups excluding tert-OH is 1. The molecule has 0 aromatic carbocycles. The molecule has 0 bridgehead atoms. The molecule has 1 unspecified atom stereocenters. The molecule has 0 saturated heterocycles. The van der Waals surface area contributed by atoms with Crippen molar-refractivity contribution in [3.05, 3.63) is 12.2 Å². The summed E-state index contributed by atoms with van der Waals surface area (Å²) in [6.45, 7) is 1.22. The van der Waals surface area contributed by atoms with Crippen molar-refractivity contribution < 1.29 is 14.7 Å².